The van der Waals surface area contributed by atoms with Crippen LogP contribution in [0.4, 0.5) is 0 Å². The van der Waals surface area contributed by atoms with Gasteiger partial charge >= 0.3 is 0 Å². The van der Waals surface area contributed by atoms with Crippen molar-refractivity contribution in [3.05, 3.63) is 0 Å². The van der Waals surface area contributed by atoms with Crippen LogP contribution in [0.25, 0.3) is 0 Å². The predicted octanol–water partition coefficient (Wildman–Crippen LogP) is 2.74. The van der Waals surface area contributed by atoms with E-state index in [1.54, 1.807) is 0 Å². The van der Waals surface area contributed by atoms with Gasteiger partial charge in [-0.2, -0.15) is 0 Å². The van der Waals surface area contributed by atoms with E-state index < -0.39 is 0 Å². The zero-order valence-corrected chi connectivity index (χ0v) is 12.1. The lowest BCUT2D eigenvalue weighted by molar-refractivity contribution is 0.0237. The molecule has 2 rings (SSSR count). The SMILES string of the molecule is CCNC1CC(C(C)C)CN(C2CC(C)C2)C1. The molecule has 0 radical (unpaired) electrons. The summed E-state index contributed by atoms with van der Waals surface area (Å²) in [5, 5.41) is 3.67. The Morgan fingerprint density at radius 2 is 1.88 bits per heavy atom. The maximum atomic E-state index is 3.67. The zero-order valence-electron chi connectivity index (χ0n) is 12.1. The molecule has 2 aliphatic rings. The van der Waals surface area contributed by atoms with Crippen molar-refractivity contribution in [2.75, 3.05) is 19.6 Å². The molecular formula is C15H30N2. The molecule has 2 atom stereocenters. The summed E-state index contributed by atoms with van der Waals surface area (Å²) in [4.78, 5) is 2.78. The lowest BCUT2D eigenvalue weighted by atomic mass is 9.77. The van der Waals surface area contributed by atoms with Crippen molar-refractivity contribution in [3.63, 3.8) is 0 Å². The van der Waals surface area contributed by atoms with Gasteiger partial charge in [0, 0.05) is 25.2 Å². The second-order valence-electron chi connectivity index (χ2n) is 6.68. The molecule has 0 spiro atoms. The molecule has 2 fully saturated rings. The number of likely N-dealkylation sites (tertiary alicyclic amines) is 1. The van der Waals surface area contributed by atoms with Crippen LogP contribution in [-0.4, -0.2) is 36.6 Å². The van der Waals surface area contributed by atoms with Gasteiger partial charge in [0.2, 0.25) is 0 Å². The molecule has 0 aromatic rings. The lowest BCUT2D eigenvalue weighted by Crippen LogP contribution is -2.56. The van der Waals surface area contributed by atoms with Crippen LogP contribution in [0, 0.1) is 17.8 Å². The minimum absolute atomic E-state index is 0.733. The fourth-order valence-corrected chi connectivity index (χ4v) is 3.55. The number of piperidine rings is 1. The maximum Gasteiger partial charge on any atom is 0.0198 e. The van der Waals surface area contributed by atoms with Gasteiger partial charge in [0.15, 0.2) is 0 Å². The quantitative estimate of drug-likeness (QED) is 0.810. The Balaban J connectivity index is 1.91. The Bertz CT molecular complexity index is 233. The van der Waals surface area contributed by atoms with Crippen molar-refractivity contribution >= 4 is 0 Å². The fraction of sp³-hybridized carbons (Fsp3) is 1.00. The summed E-state index contributed by atoms with van der Waals surface area (Å²) >= 11 is 0. The minimum atomic E-state index is 0.733. The van der Waals surface area contributed by atoms with Gasteiger partial charge in [-0.3, -0.25) is 4.90 Å². The highest BCUT2D eigenvalue weighted by atomic mass is 15.2. The number of nitrogens with one attached hydrogen (secondary N) is 1. The molecule has 0 aromatic carbocycles. The van der Waals surface area contributed by atoms with Gasteiger partial charge in [-0.15, -0.1) is 0 Å². The summed E-state index contributed by atoms with van der Waals surface area (Å²) in [6, 6.07) is 1.63. The molecule has 100 valence electrons. The largest absolute Gasteiger partial charge is 0.313 e. The van der Waals surface area contributed by atoms with E-state index in [9.17, 15) is 0 Å². The first-order valence-corrected chi connectivity index (χ1v) is 7.57. The van der Waals surface area contributed by atoms with E-state index in [1.807, 2.05) is 0 Å². The number of likely N-dealkylation sites (N-methyl/N-ethyl adjacent to an activating group) is 1. The molecule has 1 saturated heterocycles. The number of hydrogen-bond acceptors (Lipinski definition) is 2. The molecule has 17 heavy (non-hydrogen) atoms. The van der Waals surface area contributed by atoms with E-state index in [0.29, 0.717) is 0 Å². The average Bonchev–Trinajstić information content (AvgIpc) is 2.25. The fourth-order valence-electron chi connectivity index (χ4n) is 3.55. The molecule has 0 amide bonds. The molecular weight excluding hydrogens is 208 g/mol. The summed E-state index contributed by atoms with van der Waals surface area (Å²) in [5.41, 5.74) is 0. The monoisotopic (exact) mass is 238 g/mol. The third kappa shape index (κ3) is 3.23. The van der Waals surface area contributed by atoms with Gasteiger partial charge in [-0.1, -0.05) is 27.7 Å². The van der Waals surface area contributed by atoms with Gasteiger partial charge in [0.25, 0.3) is 0 Å². The van der Waals surface area contributed by atoms with E-state index in [0.717, 1.165) is 36.4 Å². The minimum Gasteiger partial charge on any atom is -0.313 e. The summed E-state index contributed by atoms with van der Waals surface area (Å²) in [7, 11) is 0. The highest BCUT2D eigenvalue weighted by Gasteiger charge is 2.36. The summed E-state index contributed by atoms with van der Waals surface area (Å²) < 4.78 is 0. The highest BCUT2D eigenvalue weighted by Crippen LogP contribution is 2.35. The molecule has 2 heteroatoms. The Morgan fingerprint density at radius 1 is 1.18 bits per heavy atom. The number of rotatable bonds is 4. The average molecular weight is 238 g/mol. The number of nitrogens with zero attached hydrogens (tertiary/aromatic N) is 1. The van der Waals surface area contributed by atoms with E-state index >= 15 is 0 Å². The van der Waals surface area contributed by atoms with Crippen molar-refractivity contribution < 1.29 is 0 Å². The van der Waals surface area contributed by atoms with Gasteiger partial charge in [-0.25, -0.2) is 0 Å². The van der Waals surface area contributed by atoms with E-state index in [4.69, 9.17) is 0 Å². The van der Waals surface area contributed by atoms with Gasteiger partial charge in [-0.05, 0) is 43.6 Å². The second-order valence-corrected chi connectivity index (χ2v) is 6.68. The Kier molecular flexibility index (Phi) is 4.48. The van der Waals surface area contributed by atoms with Crippen molar-refractivity contribution in [3.8, 4) is 0 Å². The zero-order chi connectivity index (χ0) is 12.4. The first-order chi connectivity index (χ1) is 8.10. The first kappa shape index (κ1) is 13.4. The highest BCUT2D eigenvalue weighted by molar-refractivity contribution is 4.92. The van der Waals surface area contributed by atoms with Crippen LogP contribution in [0.15, 0.2) is 0 Å². The van der Waals surface area contributed by atoms with Gasteiger partial charge in [0.1, 0.15) is 0 Å². The molecule has 0 aromatic heterocycles. The Morgan fingerprint density at radius 3 is 2.41 bits per heavy atom. The normalized spacial score (nSPS) is 39.4. The summed E-state index contributed by atoms with van der Waals surface area (Å²) in [5.74, 6) is 2.69. The number of hydrogen-bond donors (Lipinski definition) is 1. The standard InChI is InChI=1S/C15H30N2/c1-5-16-14-8-13(11(2)3)9-17(10-14)15-6-12(4)7-15/h11-16H,5-10H2,1-4H3. The molecule has 1 aliphatic carbocycles. The second kappa shape index (κ2) is 5.71. The Labute approximate surface area is 107 Å². The van der Waals surface area contributed by atoms with Crippen molar-refractivity contribution in [1.29, 1.82) is 0 Å². The van der Waals surface area contributed by atoms with Crippen LogP contribution in [0.3, 0.4) is 0 Å². The van der Waals surface area contributed by atoms with Crippen LogP contribution in [0.2, 0.25) is 0 Å². The van der Waals surface area contributed by atoms with Gasteiger partial charge < -0.3 is 5.32 Å². The first-order valence-electron chi connectivity index (χ1n) is 7.57. The van der Waals surface area contributed by atoms with Crippen molar-refractivity contribution in [1.82, 2.24) is 10.2 Å². The molecule has 1 heterocycles. The lowest BCUT2D eigenvalue weighted by Gasteiger charge is -2.48. The van der Waals surface area contributed by atoms with Crippen LogP contribution >= 0.6 is 0 Å². The Hall–Kier alpha value is -0.0800. The van der Waals surface area contributed by atoms with Gasteiger partial charge in [0.05, 0.1) is 0 Å². The van der Waals surface area contributed by atoms with Crippen LogP contribution < -0.4 is 5.32 Å². The third-order valence-corrected chi connectivity index (χ3v) is 4.81. The third-order valence-electron chi connectivity index (χ3n) is 4.81. The van der Waals surface area contributed by atoms with E-state index in [2.05, 4.69) is 37.9 Å². The van der Waals surface area contributed by atoms with Crippen LogP contribution in [-0.2, 0) is 0 Å². The van der Waals surface area contributed by atoms with E-state index in [-0.39, 0.29) is 0 Å². The molecule has 0 bridgehead atoms. The molecule has 1 N–H and O–H groups in total. The van der Waals surface area contributed by atoms with Crippen molar-refractivity contribution in [2.45, 2.75) is 59.0 Å². The predicted molar refractivity (Wildman–Crippen MR) is 74.2 cm³/mol. The summed E-state index contributed by atoms with van der Waals surface area (Å²) in [6.07, 6.45) is 4.25. The summed E-state index contributed by atoms with van der Waals surface area (Å²) in [6.45, 7) is 13.1. The van der Waals surface area contributed by atoms with Crippen LogP contribution in [0.5, 0.6) is 0 Å². The maximum absolute atomic E-state index is 3.67. The molecule has 2 nitrogen and oxygen atoms in total. The van der Waals surface area contributed by atoms with Crippen molar-refractivity contribution in [2.24, 2.45) is 17.8 Å². The molecule has 1 aliphatic heterocycles. The van der Waals surface area contributed by atoms with E-state index in [1.165, 1.54) is 32.4 Å². The molecule has 1 saturated carbocycles. The molecule has 2 unspecified atom stereocenters. The van der Waals surface area contributed by atoms with Crippen LogP contribution in [0.1, 0.15) is 47.0 Å². The smallest absolute Gasteiger partial charge is 0.0198 e. The topological polar surface area (TPSA) is 15.3 Å².